The van der Waals surface area contributed by atoms with E-state index >= 15 is 0 Å². The second-order valence-electron chi connectivity index (χ2n) is 4.13. The second-order valence-corrected chi connectivity index (χ2v) is 5.41. The number of nitrogens with zero attached hydrogens (tertiary/aromatic N) is 2. The minimum Gasteiger partial charge on any atom is -0.465 e. The molecule has 120 valence electrons. The van der Waals surface area contributed by atoms with Crippen LogP contribution in [0.5, 0.6) is 0 Å². The van der Waals surface area contributed by atoms with Gasteiger partial charge in [-0.1, -0.05) is 18.7 Å². The summed E-state index contributed by atoms with van der Waals surface area (Å²) in [4.78, 5) is 26.4. The molecule has 0 heterocycles. The van der Waals surface area contributed by atoms with Gasteiger partial charge in [-0.15, -0.1) is 0 Å². The Bertz CT molecular complexity index is 577. The largest absolute Gasteiger partial charge is 0.465 e. The fourth-order valence-corrected chi connectivity index (χ4v) is 2.18. The Hall–Kier alpha value is -2.42. The topological polar surface area (TPSA) is 128 Å². The molecule has 0 saturated carbocycles. The number of hydrogen-bond donors (Lipinski definition) is 4. The molecule has 0 aliphatic heterocycles. The van der Waals surface area contributed by atoms with Crippen molar-refractivity contribution in [2.45, 2.75) is 13.5 Å². The first-order valence-electron chi connectivity index (χ1n) is 6.40. The van der Waals surface area contributed by atoms with Gasteiger partial charge in [-0.3, -0.25) is 0 Å². The van der Waals surface area contributed by atoms with Crippen LogP contribution in [0.25, 0.3) is 0 Å². The molecule has 0 fully saturated rings. The number of imide groups is 1. The lowest BCUT2D eigenvalue weighted by Gasteiger charge is -2.16. The van der Waals surface area contributed by atoms with Crippen LogP contribution in [0.3, 0.4) is 0 Å². The minimum absolute atomic E-state index is 0.299. The van der Waals surface area contributed by atoms with Gasteiger partial charge in [0.05, 0.1) is 12.2 Å². The van der Waals surface area contributed by atoms with Crippen molar-refractivity contribution in [3.63, 3.8) is 0 Å². The maximum atomic E-state index is 11.0. The van der Waals surface area contributed by atoms with Crippen LogP contribution < -0.4 is 11.1 Å². The molecule has 9 heteroatoms. The van der Waals surface area contributed by atoms with Crippen LogP contribution in [0.15, 0.2) is 23.2 Å². The SMILES string of the molecule is CCSC(N)=Nc1ccc(NC)c(CN(C(=O)O)C(=O)O)c1. The molecule has 0 aliphatic rings. The smallest absolute Gasteiger partial charge is 0.417 e. The van der Waals surface area contributed by atoms with Crippen LogP contribution in [0, 0.1) is 0 Å². The summed E-state index contributed by atoms with van der Waals surface area (Å²) in [7, 11) is 1.66. The Labute approximate surface area is 132 Å². The maximum Gasteiger partial charge on any atom is 0.417 e. The first kappa shape index (κ1) is 17.6. The van der Waals surface area contributed by atoms with Crippen molar-refractivity contribution < 1.29 is 19.8 Å². The Morgan fingerprint density at radius 1 is 1.36 bits per heavy atom. The lowest BCUT2D eigenvalue weighted by molar-refractivity contribution is 0.120. The minimum atomic E-state index is -1.54. The monoisotopic (exact) mass is 326 g/mol. The second kappa shape index (κ2) is 8.13. The van der Waals surface area contributed by atoms with Gasteiger partial charge in [0.2, 0.25) is 0 Å². The molecule has 1 aromatic rings. The molecule has 0 unspecified atom stereocenters. The van der Waals surface area contributed by atoms with Crippen molar-refractivity contribution in [1.82, 2.24) is 4.90 Å². The molecular weight excluding hydrogens is 308 g/mol. The Kier molecular flexibility index (Phi) is 6.51. The van der Waals surface area contributed by atoms with E-state index in [0.717, 1.165) is 5.75 Å². The maximum absolute atomic E-state index is 11.0. The van der Waals surface area contributed by atoms with Crippen LogP contribution in [0.2, 0.25) is 0 Å². The molecule has 1 aromatic carbocycles. The van der Waals surface area contributed by atoms with Gasteiger partial charge in [0, 0.05) is 12.7 Å². The predicted octanol–water partition coefficient (Wildman–Crippen LogP) is 2.59. The van der Waals surface area contributed by atoms with E-state index in [1.807, 2.05) is 6.92 Å². The molecule has 0 bridgehead atoms. The molecule has 8 nitrogen and oxygen atoms in total. The quantitative estimate of drug-likeness (QED) is 0.483. The summed E-state index contributed by atoms with van der Waals surface area (Å²) in [6.07, 6.45) is -3.07. The van der Waals surface area contributed by atoms with E-state index in [1.165, 1.54) is 11.8 Å². The summed E-state index contributed by atoms with van der Waals surface area (Å²) in [5, 5.41) is 21.1. The summed E-state index contributed by atoms with van der Waals surface area (Å²) >= 11 is 1.38. The van der Waals surface area contributed by atoms with Gasteiger partial charge in [-0.2, -0.15) is 0 Å². The molecule has 0 atom stereocenters. The van der Waals surface area contributed by atoms with Gasteiger partial charge in [-0.05, 0) is 29.5 Å². The highest BCUT2D eigenvalue weighted by Crippen LogP contribution is 2.24. The third kappa shape index (κ3) is 4.85. The van der Waals surface area contributed by atoms with Gasteiger partial charge in [0.1, 0.15) is 0 Å². The van der Waals surface area contributed by atoms with E-state index in [2.05, 4.69) is 10.3 Å². The molecule has 0 saturated heterocycles. The van der Waals surface area contributed by atoms with Crippen LogP contribution in [0.4, 0.5) is 21.0 Å². The third-order valence-electron chi connectivity index (χ3n) is 2.68. The molecule has 0 radical (unpaired) electrons. The zero-order valence-corrected chi connectivity index (χ0v) is 13.1. The predicted molar refractivity (Wildman–Crippen MR) is 87.0 cm³/mol. The summed E-state index contributed by atoms with van der Waals surface area (Å²) in [5.41, 5.74) is 7.37. The number of aliphatic imine (C=N–C) groups is 1. The summed E-state index contributed by atoms with van der Waals surface area (Å²) < 4.78 is 0. The molecule has 1 rings (SSSR count). The lowest BCUT2D eigenvalue weighted by atomic mass is 10.1. The average molecular weight is 326 g/mol. The molecule has 5 N–H and O–H groups in total. The molecular formula is C13H18N4O4S. The number of amidine groups is 1. The Balaban J connectivity index is 3.13. The number of hydrogen-bond acceptors (Lipinski definition) is 5. The van der Waals surface area contributed by atoms with Crippen LogP contribution in [-0.4, -0.2) is 45.3 Å². The van der Waals surface area contributed by atoms with E-state index in [1.54, 1.807) is 25.2 Å². The number of anilines is 1. The van der Waals surface area contributed by atoms with Crippen molar-refractivity contribution in [2.75, 3.05) is 18.1 Å². The van der Waals surface area contributed by atoms with E-state index in [4.69, 9.17) is 15.9 Å². The number of nitrogens with one attached hydrogen (secondary N) is 1. The molecule has 0 spiro atoms. The molecule has 0 aromatic heterocycles. The molecule has 2 amide bonds. The van der Waals surface area contributed by atoms with Gasteiger partial charge >= 0.3 is 12.2 Å². The number of benzene rings is 1. The number of nitrogens with two attached hydrogens (primary N) is 1. The highest BCUT2D eigenvalue weighted by atomic mass is 32.2. The van der Waals surface area contributed by atoms with Crippen LogP contribution in [-0.2, 0) is 6.54 Å². The number of rotatable bonds is 5. The van der Waals surface area contributed by atoms with Gasteiger partial charge in [0.15, 0.2) is 5.17 Å². The van der Waals surface area contributed by atoms with Gasteiger partial charge < -0.3 is 21.3 Å². The standard InChI is InChI=1S/C13H18N4O4S/c1-3-22-11(14)16-9-4-5-10(15-2)8(6-9)7-17(12(18)19)13(20)21/h4-6,15H,3,7H2,1-2H3,(H2,14,16)(H,18,19)(H,20,21). The average Bonchev–Trinajstić information content (AvgIpc) is 2.44. The zero-order chi connectivity index (χ0) is 16.7. The first-order valence-corrected chi connectivity index (χ1v) is 7.38. The summed E-state index contributed by atoms with van der Waals surface area (Å²) in [5.74, 6) is 0.780. The van der Waals surface area contributed by atoms with Gasteiger partial charge in [-0.25, -0.2) is 19.5 Å². The summed E-state index contributed by atoms with van der Waals surface area (Å²) in [6, 6.07) is 5.01. The van der Waals surface area contributed by atoms with Crippen molar-refractivity contribution >= 4 is 40.5 Å². The third-order valence-corrected chi connectivity index (χ3v) is 3.36. The molecule has 0 aliphatic carbocycles. The normalized spacial score (nSPS) is 11.1. The number of thioether (sulfide) groups is 1. The Morgan fingerprint density at radius 3 is 2.50 bits per heavy atom. The van der Waals surface area contributed by atoms with E-state index < -0.39 is 12.2 Å². The lowest BCUT2D eigenvalue weighted by Crippen LogP contribution is -2.34. The fraction of sp³-hybridized carbons (Fsp3) is 0.308. The van der Waals surface area contributed by atoms with E-state index in [9.17, 15) is 9.59 Å². The zero-order valence-electron chi connectivity index (χ0n) is 12.2. The van der Waals surface area contributed by atoms with E-state index in [-0.39, 0.29) is 6.54 Å². The van der Waals surface area contributed by atoms with Gasteiger partial charge in [0.25, 0.3) is 0 Å². The van der Waals surface area contributed by atoms with Crippen molar-refractivity contribution in [1.29, 1.82) is 0 Å². The molecule has 22 heavy (non-hydrogen) atoms. The van der Waals surface area contributed by atoms with Crippen LogP contribution in [0.1, 0.15) is 12.5 Å². The van der Waals surface area contributed by atoms with Crippen molar-refractivity contribution in [3.8, 4) is 0 Å². The summed E-state index contributed by atoms with van der Waals surface area (Å²) in [6.45, 7) is 1.64. The fourth-order valence-electron chi connectivity index (χ4n) is 1.72. The number of amides is 2. The number of carbonyl (C=O) groups is 2. The highest BCUT2D eigenvalue weighted by Gasteiger charge is 2.21. The van der Waals surface area contributed by atoms with Crippen molar-refractivity contribution in [2.24, 2.45) is 10.7 Å². The highest BCUT2D eigenvalue weighted by molar-refractivity contribution is 8.13. The van der Waals surface area contributed by atoms with E-state index in [0.29, 0.717) is 27.0 Å². The first-order chi connectivity index (χ1) is 10.4. The Morgan fingerprint density at radius 2 is 2.00 bits per heavy atom. The van der Waals surface area contributed by atoms with Crippen molar-refractivity contribution in [3.05, 3.63) is 23.8 Å². The number of carboxylic acid groups (broad SMARTS) is 2. The van der Waals surface area contributed by atoms with Crippen LogP contribution >= 0.6 is 11.8 Å².